The minimum atomic E-state index is -1.10. The van der Waals surface area contributed by atoms with E-state index in [1.165, 1.54) is 0 Å². The number of rotatable bonds is 2. The standard InChI is InChI=1S/C19H13Cl2N7O/c1-19(9-2-3-10(20)11(21)6-9)14-15(22)25-16(26-17(14)27-18(19)29)12-8-28-5-4-23-13(28)7-24-12/h2-8H,1H3,(H3,22,25,26,27,29). The molecule has 1 aliphatic rings. The van der Waals surface area contributed by atoms with Gasteiger partial charge in [0.1, 0.15) is 22.7 Å². The monoisotopic (exact) mass is 425 g/mol. The molecule has 1 unspecified atom stereocenters. The predicted octanol–water partition coefficient (Wildman–Crippen LogP) is 3.33. The second kappa shape index (κ2) is 6.13. The third kappa shape index (κ3) is 2.56. The summed E-state index contributed by atoms with van der Waals surface area (Å²) in [5.74, 6) is 0.556. The van der Waals surface area contributed by atoms with Crippen molar-refractivity contribution in [2.45, 2.75) is 12.3 Å². The maximum Gasteiger partial charge on any atom is 0.240 e. The van der Waals surface area contributed by atoms with Crippen molar-refractivity contribution >= 4 is 46.4 Å². The molecule has 29 heavy (non-hydrogen) atoms. The van der Waals surface area contributed by atoms with Crippen LogP contribution in [0.15, 0.2) is 43.0 Å². The molecule has 3 aromatic heterocycles. The molecule has 0 saturated carbocycles. The first kappa shape index (κ1) is 17.8. The summed E-state index contributed by atoms with van der Waals surface area (Å²) in [6, 6.07) is 5.04. The van der Waals surface area contributed by atoms with Gasteiger partial charge in [-0.2, -0.15) is 0 Å². The van der Waals surface area contributed by atoms with Gasteiger partial charge in [0, 0.05) is 18.6 Å². The molecule has 5 rings (SSSR count). The molecular weight excluding hydrogens is 413 g/mol. The number of halogens is 2. The Morgan fingerprint density at radius 2 is 2.00 bits per heavy atom. The number of nitrogens with one attached hydrogen (secondary N) is 1. The number of nitrogens with zero attached hydrogens (tertiary/aromatic N) is 5. The van der Waals surface area contributed by atoms with Crippen LogP contribution in [0.1, 0.15) is 18.1 Å². The Morgan fingerprint density at radius 3 is 2.79 bits per heavy atom. The Kier molecular flexibility index (Phi) is 3.77. The quantitative estimate of drug-likeness (QED) is 0.509. The number of imidazole rings is 1. The number of aromatic nitrogens is 5. The van der Waals surface area contributed by atoms with Gasteiger partial charge in [0.15, 0.2) is 11.5 Å². The molecule has 1 aliphatic heterocycles. The topological polar surface area (TPSA) is 111 Å². The highest BCUT2D eigenvalue weighted by Gasteiger charge is 2.47. The van der Waals surface area contributed by atoms with E-state index in [9.17, 15) is 4.79 Å². The Hall–Kier alpha value is -3.23. The Morgan fingerprint density at radius 1 is 1.17 bits per heavy atom. The lowest BCUT2D eigenvalue weighted by atomic mass is 9.78. The SMILES string of the molecule is CC1(c2ccc(Cl)c(Cl)c2)C(=O)Nc2nc(-c3cn4ccnc4cn3)nc(N)c21. The molecular formula is C19H13Cl2N7O. The van der Waals surface area contributed by atoms with Gasteiger partial charge in [0.05, 0.1) is 21.8 Å². The molecule has 8 nitrogen and oxygen atoms in total. The number of anilines is 2. The van der Waals surface area contributed by atoms with Gasteiger partial charge in [-0.05, 0) is 24.6 Å². The first-order chi connectivity index (χ1) is 13.9. The lowest BCUT2D eigenvalue weighted by Gasteiger charge is -2.23. The molecule has 1 amide bonds. The summed E-state index contributed by atoms with van der Waals surface area (Å²) in [4.78, 5) is 30.4. The van der Waals surface area contributed by atoms with E-state index in [4.69, 9.17) is 28.9 Å². The summed E-state index contributed by atoms with van der Waals surface area (Å²) >= 11 is 12.2. The molecule has 144 valence electrons. The fourth-order valence-corrected chi connectivity index (χ4v) is 3.84. The first-order valence-corrected chi connectivity index (χ1v) is 9.37. The summed E-state index contributed by atoms with van der Waals surface area (Å²) in [5, 5.41) is 3.56. The van der Waals surface area contributed by atoms with E-state index in [-0.39, 0.29) is 11.7 Å². The van der Waals surface area contributed by atoms with E-state index < -0.39 is 5.41 Å². The lowest BCUT2D eigenvalue weighted by molar-refractivity contribution is -0.119. The van der Waals surface area contributed by atoms with E-state index in [2.05, 4.69) is 25.3 Å². The molecule has 0 bridgehead atoms. The predicted molar refractivity (Wildman–Crippen MR) is 110 cm³/mol. The van der Waals surface area contributed by atoms with E-state index in [0.717, 1.165) is 0 Å². The normalized spacial score (nSPS) is 18.1. The van der Waals surface area contributed by atoms with Crippen LogP contribution in [-0.4, -0.2) is 30.2 Å². The van der Waals surface area contributed by atoms with Crippen LogP contribution >= 0.6 is 23.2 Å². The highest BCUT2D eigenvalue weighted by atomic mass is 35.5. The molecule has 4 aromatic rings. The van der Waals surface area contributed by atoms with Crippen LogP contribution in [0.25, 0.3) is 17.2 Å². The van der Waals surface area contributed by atoms with Crippen LogP contribution in [0.5, 0.6) is 0 Å². The van der Waals surface area contributed by atoms with Crippen LogP contribution in [0.2, 0.25) is 10.0 Å². The zero-order chi connectivity index (χ0) is 20.3. The number of amides is 1. The summed E-state index contributed by atoms with van der Waals surface area (Å²) in [6.45, 7) is 1.75. The van der Waals surface area contributed by atoms with Crippen molar-refractivity contribution in [3.63, 3.8) is 0 Å². The van der Waals surface area contributed by atoms with E-state index in [1.807, 2.05) is 0 Å². The summed E-state index contributed by atoms with van der Waals surface area (Å²) in [6.07, 6.45) is 6.82. The van der Waals surface area contributed by atoms with Gasteiger partial charge in [-0.25, -0.2) is 19.9 Å². The Balaban J connectivity index is 1.67. The molecule has 1 aromatic carbocycles. The zero-order valence-corrected chi connectivity index (χ0v) is 16.5. The average Bonchev–Trinajstić information content (AvgIpc) is 3.26. The number of carbonyl (C=O) groups excluding carboxylic acids is 1. The van der Waals surface area contributed by atoms with Crippen LogP contribution in [-0.2, 0) is 10.2 Å². The largest absolute Gasteiger partial charge is 0.383 e. The van der Waals surface area contributed by atoms with Crippen molar-refractivity contribution in [3.05, 3.63) is 64.2 Å². The molecule has 1 atom stereocenters. The fraction of sp³-hybridized carbons (Fsp3) is 0.105. The maximum atomic E-state index is 13.0. The molecule has 0 fully saturated rings. The molecule has 3 N–H and O–H groups in total. The summed E-state index contributed by atoms with van der Waals surface area (Å²) < 4.78 is 1.80. The number of nitrogen functional groups attached to an aromatic ring is 1. The smallest absolute Gasteiger partial charge is 0.240 e. The van der Waals surface area contributed by atoms with Crippen molar-refractivity contribution in [1.82, 2.24) is 24.3 Å². The first-order valence-electron chi connectivity index (χ1n) is 8.62. The molecule has 10 heteroatoms. The summed E-state index contributed by atoms with van der Waals surface area (Å²) in [5.41, 5.74) is 7.53. The van der Waals surface area contributed by atoms with E-state index >= 15 is 0 Å². The number of hydrogen-bond acceptors (Lipinski definition) is 6. The van der Waals surface area contributed by atoms with Crippen molar-refractivity contribution in [2.24, 2.45) is 0 Å². The van der Waals surface area contributed by atoms with Gasteiger partial charge in [0.25, 0.3) is 0 Å². The third-order valence-corrected chi connectivity index (χ3v) is 5.87. The second-order valence-electron chi connectivity index (χ2n) is 6.83. The number of hydrogen-bond donors (Lipinski definition) is 2. The maximum absolute atomic E-state index is 13.0. The highest BCUT2D eigenvalue weighted by Crippen LogP contribution is 2.45. The molecule has 0 radical (unpaired) electrons. The molecule has 4 heterocycles. The summed E-state index contributed by atoms with van der Waals surface area (Å²) in [7, 11) is 0. The van der Waals surface area contributed by atoms with Crippen LogP contribution < -0.4 is 11.1 Å². The minimum absolute atomic E-state index is 0.185. The highest BCUT2D eigenvalue weighted by molar-refractivity contribution is 6.42. The van der Waals surface area contributed by atoms with E-state index in [0.29, 0.717) is 44.2 Å². The van der Waals surface area contributed by atoms with Gasteiger partial charge in [-0.1, -0.05) is 29.3 Å². The van der Waals surface area contributed by atoms with Crippen LogP contribution in [0, 0.1) is 0 Å². The second-order valence-corrected chi connectivity index (χ2v) is 7.64. The Labute approximate surface area is 174 Å². The van der Waals surface area contributed by atoms with E-state index in [1.54, 1.807) is 54.3 Å². The molecule has 0 spiro atoms. The lowest BCUT2D eigenvalue weighted by Crippen LogP contribution is -2.33. The Bertz CT molecular complexity index is 1320. The van der Waals surface area contributed by atoms with Gasteiger partial charge in [-0.3, -0.25) is 4.79 Å². The van der Waals surface area contributed by atoms with Crippen molar-refractivity contribution < 1.29 is 4.79 Å². The number of nitrogens with two attached hydrogens (primary N) is 1. The van der Waals surface area contributed by atoms with Gasteiger partial charge in [0.2, 0.25) is 5.91 Å². The van der Waals surface area contributed by atoms with Gasteiger partial charge >= 0.3 is 0 Å². The minimum Gasteiger partial charge on any atom is -0.383 e. The van der Waals surface area contributed by atoms with Gasteiger partial charge < -0.3 is 15.5 Å². The third-order valence-electron chi connectivity index (χ3n) is 5.13. The van der Waals surface area contributed by atoms with Gasteiger partial charge in [-0.15, -0.1) is 0 Å². The van der Waals surface area contributed by atoms with Crippen molar-refractivity contribution in [3.8, 4) is 11.5 Å². The van der Waals surface area contributed by atoms with Crippen LogP contribution in [0.3, 0.4) is 0 Å². The molecule has 0 saturated heterocycles. The van der Waals surface area contributed by atoms with Crippen LogP contribution in [0.4, 0.5) is 11.6 Å². The zero-order valence-electron chi connectivity index (χ0n) is 15.0. The average molecular weight is 426 g/mol. The number of carbonyl (C=O) groups is 1. The van der Waals surface area contributed by atoms with Crippen molar-refractivity contribution in [1.29, 1.82) is 0 Å². The number of fused-ring (bicyclic) bond motifs is 2. The molecule has 0 aliphatic carbocycles. The number of benzene rings is 1. The van der Waals surface area contributed by atoms with Crippen molar-refractivity contribution in [2.75, 3.05) is 11.1 Å². The fourth-order valence-electron chi connectivity index (χ4n) is 3.55.